The van der Waals surface area contributed by atoms with Crippen LogP contribution in [0.25, 0.3) is 10.9 Å². The Labute approximate surface area is 148 Å². The van der Waals surface area contributed by atoms with Gasteiger partial charge in [0.05, 0.1) is 12.3 Å². The van der Waals surface area contributed by atoms with Crippen LogP contribution in [0.2, 0.25) is 0 Å². The van der Waals surface area contributed by atoms with Crippen LogP contribution in [0.5, 0.6) is 0 Å². The molecular weight excluding hydrogens is 312 g/mol. The highest BCUT2D eigenvalue weighted by Crippen LogP contribution is 2.30. The molecule has 3 heterocycles. The predicted octanol–water partition coefficient (Wildman–Crippen LogP) is 3.14. The van der Waals surface area contributed by atoms with Crippen molar-refractivity contribution in [1.82, 2.24) is 19.2 Å². The van der Waals surface area contributed by atoms with Crippen LogP contribution in [-0.4, -0.2) is 39.5 Å². The number of hydrogen-bond acceptors (Lipinski definition) is 3. The number of para-hydroxylation sites is 1. The van der Waals surface area contributed by atoms with Crippen molar-refractivity contribution < 1.29 is 4.74 Å². The zero-order valence-electron chi connectivity index (χ0n) is 15.3. The average molecular weight is 338 g/mol. The predicted molar refractivity (Wildman–Crippen MR) is 99.6 cm³/mol. The van der Waals surface area contributed by atoms with E-state index in [1.807, 2.05) is 0 Å². The summed E-state index contributed by atoms with van der Waals surface area (Å²) in [5, 5.41) is 6.12. The van der Waals surface area contributed by atoms with E-state index in [1.165, 1.54) is 27.7 Å². The molecule has 1 aliphatic rings. The van der Waals surface area contributed by atoms with Crippen molar-refractivity contribution in [2.24, 2.45) is 7.05 Å². The van der Waals surface area contributed by atoms with E-state index in [-0.39, 0.29) is 0 Å². The molecule has 0 spiro atoms. The van der Waals surface area contributed by atoms with E-state index in [0.29, 0.717) is 5.92 Å². The minimum Gasteiger partial charge on any atom is -0.384 e. The van der Waals surface area contributed by atoms with Gasteiger partial charge in [-0.05, 0) is 18.6 Å². The Balaban J connectivity index is 1.62. The first kappa shape index (κ1) is 16.4. The van der Waals surface area contributed by atoms with E-state index in [9.17, 15) is 0 Å². The van der Waals surface area contributed by atoms with E-state index in [2.05, 4.69) is 64.8 Å². The van der Waals surface area contributed by atoms with Crippen LogP contribution in [0.15, 0.2) is 36.7 Å². The lowest BCUT2D eigenvalue weighted by atomic mass is 9.95. The van der Waals surface area contributed by atoms with Crippen molar-refractivity contribution in [3.63, 3.8) is 0 Å². The van der Waals surface area contributed by atoms with Gasteiger partial charge in [-0.1, -0.05) is 18.2 Å². The monoisotopic (exact) mass is 338 g/mol. The van der Waals surface area contributed by atoms with E-state index in [0.717, 1.165) is 32.8 Å². The summed E-state index contributed by atoms with van der Waals surface area (Å²) in [6.07, 6.45) is 4.46. The topological polar surface area (TPSA) is 35.2 Å². The van der Waals surface area contributed by atoms with E-state index >= 15 is 0 Å². The highest BCUT2D eigenvalue weighted by molar-refractivity contribution is 5.83. The van der Waals surface area contributed by atoms with Gasteiger partial charge in [-0.25, -0.2) is 0 Å². The smallest absolute Gasteiger partial charge is 0.0801 e. The summed E-state index contributed by atoms with van der Waals surface area (Å²) in [5.41, 5.74) is 5.24. The van der Waals surface area contributed by atoms with Gasteiger partial charge in [0.25, 0.3) is 0 Å². The van der Waals surface area contributed by atoms with Gasteiger partial charge in [-0.2, -0.15) is 5.10 Å². The maximum atomic E-state index is 5.49. The SMILES string of the molecule is CCn1cc2c(n1)CN(Cc1cn(C)c3ccccc13)C[C@H]2COC. The first-order valence-corrected chi connectivity index (χ1v) is 9.00. The molecule has 0 N–H and O–H groups in total. The quantitative estimate of drug-likeness (QED) is 0.717. The molecular formula is C20H26N4O. The fraction of sp³-hybridized carbons (Fsp3) is 0.450. The minimum absolute atomic E-state index is 0.393. The zero-order chi connectivity index (χ0) is 17.4. The van der Waals surface area contributed by atoms with Gasteiger partial charge in [0.15, 0.2) is 0 Å². The van der Waals surface area contributed by atoms with Gasteiger partial charge in [-0.3, -0.25) is 9.58 Å². The van der Waals surface area contributed by atoms with Gasteiger partial charge in [0.1, 0.15) is 0 Å². The number of rotatable bonds is 5. The van der Waals surface area contributed by atoms with Crippen molar-refractivity contribution in [3.8, 4) is 0 Å². The second-order valence-corrected chi connectivity index (χ2v) is 6.99. The molecule has 132 valence electrons. The molecule has 0 amide bonds. The number of benzene rings is 1. The highest BCUT2D eigenvalue weighted by Gasteiger charge is 2.28. The van der Waals surface area contributed by atoms with Crippen LogP contribution < -0.4 is 0 Å². The number of ether oxygens (including phenoxy) is 1. The molecule has 0 saturated heterocycles. The number of fused-ring (bicyclic) bond motifs is 2. The van der Waals surface area contributed by atoms with Crippen molar-refractivity contribution in [1.29, 1.82) is 0 Å². The van der Waals surface area contributed by atoms with Gasteiger partial charge in [0, 0.05) is 75.1 Å². The molecule has 0 saturated carbocycles. The Kier molecular flexibility index (Phi) is 4.36. The summed E-state index contributed by atoms with van der Waals surface area (Å²) in [7, 11) is 3.91. The lowest BCUT2D eigenvalue weighted by Gasteiger charge is -2.31. The third-order valence-electron chi connectivity index (χ3n) is 5.23. The molecule has 0 aliphatic carbocycles. The zero-order valence-corrected chi connectivity index (χ0v) is 15.3. The molecule has 25 heavy (non-hydrogen) atoms. The fourth-order valence-corrected chi connectivity index (χ4v) is 4.05. The first-order chi connectivity index (χ1) is 12.2. The average Bonchev–Trinajstić information content (AvgIpc) is 3.17. The molecule has 4 rings (SSSR count). The van der Waals surface area contributed by atoms with Gasteiger partial charge in [-0.15, -0.1) is 0 Å². The van der Waals surface area contributed by atoms with Gasteiger partial charge >= 0.3 is 0 Å². The lowest BCUT2D eigenvalue weighted by molar-refractivity contribution is 0.135. The molecule has 5 nitrogen and oxygen atoms in total. The Morgan fingerprint density at radius 2 is 2.08 bits per heavy atom. The molecule has 5 heteroatoms. The number of nitrogens with zero attached hydrogens (tertiary/aromatic N) is 4. The molecule has 1 atom stereocenters. The standard InChI is InChI=1S/C20H26N4O/c1-4-24-12-18-16(14-25-3)11-23(13-19(18)21-24)10-15-9-22(2)20-8-6-5-7-17(15)20/h5-9,12,16H,4,10-11,13-14H2,1-3H3/t16-/m0/s1. The Morgan fingerprint density at radius 3 is 2.88 bits per heavy atom. The van der Waals surface area contributed by atoms with E-state index < -0.39 is 0 Å². The van der Waals surface area contributed by atoms with Crippen LogP contribution in [0.3, 0.4) is 0 Å². The fourth-order valence-electron chi connectivity index (χ4n) is 4.05. The molecule has 3 aromatic rings. The third-order valence-corrected chi connectivity index (χ3v) is 5.23. The van der Waals surface area contributed by atoms with Crippen LogP contribution in [0.4, 0.5) is 0 Å². The molecule has 2 aromatic heterocycles. The minimum atomic E-state index is 0.393. The normalized spacial score (nSPS) is 18.0. The summed E-state index contributed by atoms with van der Waals surface area (Å²) in [5.74, 6) is 0.393. The van der Waals surface area contributed by atoms with Gasteiger partial charge in [0.2, 0.25) is 0 Å². The molecule has 1 aromatic carbocycles. The van der Waals surface area contributed by atoms with Crippen LogP contribution >= 0.6 is 0 Å². The van der Waals surface area contributed by atoms with Crippen molar-refractivity contribution in [2.45, 2.75) is 32.5 Å². The van der Waals surface area contributed by atoms with Crippen molar-refractivity contribution in [3.05, 3.63) is 53.5 Å². The molecule has 0 unspecified atom stereocenters. The summed E-state index contributed by atoms with van der Waals surface area (Å²) >= 11 is 0. The first-order valence-electron chi connectivity index (χ1n) is 9.00. The summed E-state index contributed by atoms with van der Waals surface area (Å²) in [6, 6.07) is 8.63. The molecule has 0 fully saturated rings. The second-order valence-electron chi connectivity index (χ2n) is 6.99. The van der Waals surface area contributed by atoms with Crippen LogP contribution in [0, 0.1) is 0 Å². The van der Waals surface area contributed by atoms with E-state index in [4.69, 9.17) is 9.84 Å². The van der Waals surface area contributed by atoms with Crippen molar-refractivity contribution in [2.75, 3.05) is 20.3 Å². The third kappa shape index (κ3) is 2.98. The number of hydrogen-bond donors (Lipinski definition) is 0. The lowest BCUT2D eigenvalue weighted by Crippen LogP contribution is -2.34. The Morgan fingerprint density at radius 1 is 1.24 bits per heavy atom. The number of methoxy groups -OCH3 is 1. The van der Waals surface area contributed by atoms with Crippen LogP contribution in [0.1, 0.15) is 29.7 Å². The maximum Gasteiger partial charge on any atom is 0.0801 e. The summed E-state index contributed by atoms with van der Waals surface area (Å²) in [4.78, 5) is 2.50. The van der Waals surface area contributed by atoms with Gasteiger partial charge < -0.3 is 9.30 Å². The second kappa shape index (κ2) is 6.65. The maximum absolute atomic E-state index is 5.49. The molecule has 0 radical (unpaired) electrons. The number of aromatic nitrogens is 3. The summed E-state index contributed by atoms with van der Waals surface area (Å²) in [6.45, 7) is 6.66. The highest BCUT2D eigenvalue weighted by atomic mass is 16.5. The van der Waals surface area contributed by atoms with E-state index in [1.54, 1.807) is 7.11 Å². The molecule has 0 bridgehead atoms. The van der Waals surface area contributed by atoms with Crippen LogP contribution in [-0.2, 0) is 31.4 Å². The molecule has 1 aliphatic heterocycles. The summed E-state index contributed by atoms with van der Waals surface area (Å²) < 4.78 is 9.76. The largest absolute Gasteiger partial charge is 0.384 e. The Hall–Kier alpha value is -2.11. The Bertz CT molecular complexity index is 879. The van der Waals surface area contributed by atoms with Crippen molar-refractivity contribution >= 4 is 10.9 Å². The number of aryl methyl sites for hydroxylation is 2.